The van der Waals surface area contributed by atoms with Crippen LogP contribution in [0.3, 0.4) is 0 Å². The predicted octanol–water partition coefficient (Wildman–Crippen LogP) is 3.71. The fraction of sp³-hybridized carbons (Fsp3) is 0.375. The van der Waals surface area contributed by atoms with Gasteiger partial charge < -0.3 is 14.5 Å². The zero-order chi connectivity index (χ0) is 14.4. The highest BCUT2D eigenvalue weighted by Crippen LogP contribution is 2.25. The fourth-order valence-corrected chi connectivity index (χ4v) is 2.27. The number of aryl methyl sites for hydroxylation is 1. The van der Waals surface area contributed by atoms with E-state index in [9.17, 15) is 4.39 Å². The molecule has 2 rings (SSSR count). The molecule has 2 aromatic rings. The Bertz CT molecular complexity index is 525. The van der Waals surface area contributed by atoms with Crippen LogP contribution in [0.2, 0.25) is 0 Å². The lowest BCUT2D eigenvalue weighted by Gasteiger charge is -2.19. The minimum Gasteiger partial charge on any atom is -0.497 e. The van der Waals surface area contributed by atoms with Crippen molar-refractivity contribution in [2.45, 2.75) is 25.8 Å². The zero-order valence-electron chi connectivity index (χ0n) is 11.9. The molecule has 0 aliphatic rings. The average Bonchev–Trinajstić information content (AvgIpc) is 2.97. The Balaban J connectivity index is 2.11. The maximum absolute atomic E-state index is 14.1. The summed E-state index contributed by atoms with van der Waals surface area (Å²) in [5.41, 5.74) is 0.666. The Morgan fingerprint density at radius 1 is 1.35 bits per heavy atom. The molecule has 3 nitrogen and oxygen atoms in total. The summed E-state index contributed by atoms with van der Waals surface area (Å²) in [6.45, 7) is 2.80. The number of hydrogen-bond donors (Lipinski definition) is 1. The van der Waals surface area contributed by atoms with Crippen LogP contribution < -0.4 is 10.1 Å². The lowest BCUT2D eigenvalue weighted by Crippen LogP contribution is -2.22. The topological polar surface area (TPSA) is 34.4 Å². The normalized spacial score (nSPS) is 12.3. The van der Waals surface area contributed by atoms with Crippen molar-refractivity contribution in [2.75, 3.05) is 13.7 Å². The minimum absolute atomic E-state index is 0.0315. The zero-order valence-corrected chi connectivity index (χ0v) is 11.9. The molecule has 0 bridgehead atoms. The molecule has 0 fully saturated rings. The van der Waals surface area contributed by atoms with Gasteiger partial charge in [-0.25, -0.2) is 4.39 Å². The van der Waals surface area contributed by atoms with Crippen LogP contribution in [0, 0.1) is 5.82 Å². The van der Waals surface area contributed by atoms with E-state index in [0.717, 1.165) is 25.1 Å². The molecule has 0 amide bonds. The molecule has 108 valence electrons. The van der Waals surface area contributed by atoms with Gasteiger partial charge in [0, 0.05) is 24.1 Å². The van der Waals surface area contributed by atoms with Crippen molar-refractivity contribution in [1.82, 2.24) is 5.32 Å². The van der Waals surface area contributed by atoms with Crippen molar-refractivity contribution in [3.63, 3.8) is 0 Å². The number of rotatable bonds is 7. The van der Waals surface area contributed by atoms with Crippen LogP contribution in [0.4, 0.5) is 4.39 Å². The largest absolute Gasteiger partial charge is 0.497 e. The second-order valence-electron chi connectivity index (χ2n) is 4.62. The molecule has 1 N–H and O–H groups in total. The van der Waals surface area contributed by atoms with E-state index < -0.39 is 0 Å². The molecule has 1 atom stereocenters. The molecule has 0 saturated heterocycles. The van der Waals surface area contributed by atoms with E-state index >= 15 is 0 Å². The summed E-state index contributed by atoms with van der Waals surface area (Å²) in [5, 5.41) is 3.32. The summed E-state index contributed by atoms with van der Waals surface area (Å²) < 4.78 is 24.5. The SMILES string of the molecule is CCNC(CCc1ccco1)c1ccc(OC)cc1F. The van der Waals surface area contributed by atoms with Crippen molar-refractivity contribution >= 4 is 0 Å². The van der Waals surface area contributed by atoms with E-state index in [1.807, 2.05) is 19.1 Å². The molecular weight excluding hydrogens is 257 g/mol. The van der Waals surface area contributed by atoms with E-state index in [4.69, 9.17) is 9.15 Å². The summed E-state index contributed by atoms with van der Waals surface area (Å²) in [7, 11) is 1.53. The molecule has 1 unspecified atom stereocenters. The molecule has 0 saturated carbocycles. The Morgan fingerprint density at radius 2 is 2.20 bits per heavy atom. The van der Waals surface area contributed by atoms with Crippen LogP contribution in [0.5, 0.6) is 5.75 Å². The maximum atomic E-state index is 14.1. The average molecular weight is 277 g/mol. The van der Waals surface area contributed by atoms with Gasteiger partial charge >= 0.3 is 0 Å². The summed E-state index contributed by atoms with van der Waals surface area (Å²) in [6.07, 6.45) is 3.21. The van der Waals surface area contributed by atoms with Gasteiger partial charge in [-0.3, -0.25) is 0 Å². The molecule has 0 spiro atoms. The number of ether oxygens (including phenoxy) is 1. The molecule has 1 heterocycles. The molecule has 0 radical (unpaired) electrons. The van der Waals surface area contributed by atoms with Crippen LogP contribution in [0.15, 0.2) is 41.0 Å². The summed E-state index contributed by atoms with van der Waals surface area (Å²) in [5.74, 6) is 1.21. The highest BCUT2D eigenvalue weighted by molar-refractivity contribution is 5.31. The van der Waals surface area contributed by atoms with Gasteiger partial charge in [0.1, 0.15) is 17.3 Å². The van der Waals surface area contributed by atoms with Gasteiger partial charge in [0.05, 0.1) is 13.4 Å². The Kier molecular flexibility index (Phi) is 5.18. The van der Waals surface area contributed by atoms with Crippen LogP contribution in [-0.2, 0) is 6.42 Å². The van der Waals surface area contributed by atoms with Gasteiger partial charge in [-0.05, 0) is 31.2 Å². The number of methoxy groups -OCH3 is 1. The van der Waals surface area contributed by atoms with Crippen molar-refractivity contribution in [2.24, 2.45) is 0 Å². The monoisotopic (exact) mass is 277 g/mol. The van der Waals surface area contributed by atoms with Gasteiger partial charge in [0.15, 0.2) is 0 Å². The Hall–Kier alpha value is -1.81. The Labute approximate surface area is 118 Å². The van der Waals surface area contributed by atoms with Crippen LogP contribution in [0.25, 0.3) is 0 Å². The second kappa shape index (κ2) is 7.10. The molecular formula is C16H20FNO2. The van der Waals surface area contributed by atoms with E-state index in [0.29, 0.717) is 11.3 Å². The first-order chi connectivity index (χ1) is 9.74. The predicted molar refractivity (Wildman–Crippen MR) is 76.4 cm³/mol. The van der Waals surface area contributed by atoms with E-state index in [2.05, 4.69) is 5.32 Å². The molecule has 1 aromatic carbocycles. The van der Waals surface area contributed by atoms with Gasteiger partial charge in [-0.15, -0.1) is 0 Å². The van der Waals surface area contributed by atoms with Gasteiger partial charge in [-0.2, -0.15) is 0 Å². The number of benzene rings is 1. The molecule has 4 heteroatoms. The van der Waals surface area contributed by atoms with Crippen LogP contribution in [0.1, 0.15) is 30.7 Å². The summed E-state index contributed by atoms with van der Waals surface area (Å²) >= 11 is 0. The van der Waals surface area contributed by atoms with Crippen LogP contribution >= 0.6 is 0 Å². The molecule has 1 aromatic heterocycles. The first kappa shape index (κ1) is 14.6. The lowest BCUT2D eigenvalue weighted by molar-refractivity contribution is 0.407. The third-order valence-electron chi connectivity index (χ3n) is 3.29. The molecule has 20 heavy (non-hydrogen) atoms. The Morgan fingerprint density at radius 3 is 2.80 bits per heavy atom. The van der Waals surface area contributed by atoms with Crippen molar-refractivity contribution in [1.29, 1.82) is 0 Å². The standard InChI is InChI=1S/C16H20FNO2/c1-3-18-16(9-7-12-5-4-10-20-12)14-8-6-13(19-2)11-15(14)17/h4-6,8,10-11,16,18H,3,7,9H2,1-2H3. The number of hydrogen-bond acceptors (Lipinski definition) is 3. The lowest BCUT2D eigenvalue weighted by atomic mass is 10.0. The molecule has 0 aliphatic carbocycles. The summed E-state index contributed by atoms with van der Waals surface area (Å²) in [6, 6.07) is 8.76. The number of halogens is 1. The quantitative estimate of drug-likeness (QED) is 0.837. The second-order valence-corrected chi connectivity index (χ2v) is 4.62. The van der Waals surface area contributed by atoms with Crippen molar-refractivity contribution < 1.29 is 13.5 Å². The van der Waals surface area contributed by atoms with Crippen molar-refractivity contribution in [3.05, 3.63) is 53.7 Å². The third-order valence-corrected chi connectivity index (χ3v) is 3.29. The first-order valence-electron chi connectivity index (χ1n) is 6.83. The smallest absolute Gasteiger partial charge is 0.131 e. The van der Waals surface area contributed by atoms with Gasteiger partial charge in [-0.1, -0.05) is 13.0 Å². The van der Waals surface area contributed by atoms with Gasteiger partial charge in [0.25, 0.3) is 0 Å². The van der Waals surface area contributed by atoms with E-state index in [1.165, 1.54) is 13.2 Å². The van der Waals surface area contributed by atoms with Crippen LogP contribution in [-0.4, -0.2) is 13.7 Å². The number of furan rings is 1. The van der Waals surface area contributed by atoms with E-state index in [1.54, 1.807) is 18.4 Å². The summed E-state index contributed by atoms with van der Waals surface area (Å²) in [4.78, 5) is 0. The highest BCUT2D eigenvalue weighted by Gasteiger charge is 2.16. The van der Waals surface area contributed by atoms with Gasteiger partial charge in [0.2, 0.25) is 0 Å². The number of nitrogens with one attached hydrogen (secondary N) is 1. The molecule has 0 aliphatic heterocycles. The minimum atomic E-state index is -0.241. The van der Waals surface area contributed by atoms with Crippen molar-refractivity contribution in [3.8, 4) is 5.75 Å². The third kappa shape index (κ3) is 3.61. The van der Waals surface area contributed by atoms with E-state index in [-0.39, 0.29) is 11.9 Å². The highest BCUT2D eigenvalue weighted by atomic mass is 19.1. The fourth-order valence-electron chi connectivity index (χ4n) is 2.27. The maximum Gasteiger partial charge on any atom is 0.131 e. The first-order valence-corrected chi connectivity index (χ1v) is 6.83.